The Labute approximate surface area is 348 Å². The Bertz CT molecular complexity index is 2600. The summed E-state index contributed by atoms with van der Waals surface area (Å²) in [6.45, 7) is 0. The van der Waals surface area contributed by atoms with E-state index in [-0.39, 0.29) is 0 Å². The average Bonchev–Trinajstić information content (AvgIpc) is 3.54. The SMILES string of the molecule is C(#CC1(c2ccc(Oc3ccc(C4(C#Cc5ccccc5)c5ccccc5CCc5ccccc54)cc3)cc2)c2ccccc2CCc2ccccc21)c1ccccc1. The van der Waals surface area contributed by atoms with Gasteiger partial charge in [-0.2, -0.15) is 0 Å². The largest absolute Gasteiger partial charge is 0.457 e. The summed E-state index contributed by atoms with van der Waals surface area (Å²) in [7, 11) is 0. The first-order valence-corrected chi connectivity index (χ1v) is 20.6. The van der Waals surface area contributed by atoms with Gasteiger partial charge in [-0.1, -0.05) is 181 Å². The van der Waals surface area contributed by atoms with Crippen molar-refractivity contribution in [3.05, 3.63) is 273 Å². The molecule has 0 saturated carbocycles. The normalized spacial score (nSPS) is 14.2. The molecule has 1 heteroatoms. The molecule has 0 saturated heterocycles. The molecule has 8 aromatic carbocycles. The fraction of sp³-hybridized carbons (Fsp3) is 0.103. The van der Waals surface area contributed by atoms with Crippen LogP contribution in [0, 0.1) is 23.7 Å². The lowest BCUT2D eigenvalue weighted by atomic mass is 9.68. The highest BCUT2D eigenvalue weighted by Gasteiger charge is 2.41. The van der Waals surface area contributed by atoms with Gasteiger partial charge in [-0.15, -0.1) is 0 Å². The first-order valence-electron chi connectivity index (χ1n) is 20.6. The minimum Gasteiger partial charge on any atom is -0.457 e. The third-order valence-corrected chi connectivity index (χ3v) is 12.2. The standard InChI is InChI=1S/C58H42O/c1-3-15-43(16-4-1)39-41-57(53-23-11-7-19-45(53)27-28-46-20-8-12-24-54(46)57)49-31-35-51(36-32-49)59-52-37-33-50(34-38-52)58(42-40-44-17-5-2-6-18-44)55-25-13-9-21-47(55)29-30-48-22-10-14-26-56(48)58/h1-26,31-38H,27-30H2. The van der Waals surface area contributed by atoms with E-state index >= 15 is 0 Å². The predicted molar refractivity (Wildman–Crippen MR) is 240 cm³/mol. The van der Waals surface area contributed by atoms with Gasteiger partial charge < -0.3 is 4.74 Å². The van der Waals surface area contributed by atoms with Crippen LogP contribution in [-0.2, 0) is 36.5 Å². The van der Waals surface area contributed by atoms with Crippen LogP contribution in [0.1, 0.15) is 66.8 Å². The zero-order valence-electron chi connectivity index (χ0n) is 32.9. The molecule has 0 radical (unpaired) electrons. The van der Waals surface area contributed by atoms with Gasteiger partial charge in [-0.05, 0) is 130 Å². The fourth-order valence-corrected chi connectivity index (χ4v) is 9.34. The van der Waals surface area contributed by atoms with Gasteiger partial charge in [-0.25, -0.2) is 0 Å². The molecule has 0 heterocycles. The van der Waals surface area contributed by atoms with Crippen molar-refractivity contribution >= 4 is 0 Å². The van der Waals surface area contributed by atoms with Crippen LogP contribution in [0.4, 0.5) is 0 Å². The van der Waals surface area contributed by atoms with Crippen molar-refractivity contribution in [2.75, 3.05) is 0 Å². The second-order valence-corrected chi connectivity index (χ2v) is 15.5. The molecule has 0 spiro atoms. The third-order valence-electron chi connectivity index (χ3n) is 12.2. The zero-order valence-corrected chi connectivity index (χ0v) is 32.9. The lowest BCUT2D eigenvalue weighted by Crippen LogP contribution is -2.29. The van der Waals surface area contributed by atoms with Gasteiger partial charge in [-0.3, -0.25) is 0 Å². The van der Waals surface area contributed by atoms with Crippen LogP contribution in [0.3, 0.4) is 0 Å². The van der Waals surface area contributed by atoms with Crippen molar-refractivity contribution in [2.24, 2.45) is 0 Å². The van der Waals surface area contributed by atoms with E-state index in [1.807, 2.05) is 12.1 Å². The van der Waals surface area contributed by atoms with Gasteiger partial charge in [0, 0.05) is 11.1 Å². The number of benzene rings is 8. The summed E-state index contributed by atoms with van der Waals surface area (Å²) in [5.74, 6) is 16.5. The summed E-state index contributed by atoms with van der Waals surface area (Å²) in [5.41, 5.74) is 13.2. The second-order valence-electron chi connectivity index (χ2n) is 15.5. The van der Waals surface area contributed by atoms with E-state index in [4.69, 9.17) is 4.74 Å². The van der Waals surface area contributed by atoms with Crippen LogP contribution in [0.5, 0.6) is 11.5 Å². The van der Waals surface area contributed by atoms with Gasteiger partial charge in [0.1, 0.15) is 22.3 Å². The molecule has 0 amide bonds. The van der Waals surface area contributed by atoms with Gasteiger partial charge >= 0.3 is 0 Å². The molecule has 8 aromatic rings. The van der Waals surface area contributed by atoms with Gasteiger partial charge in [0.05, 0.1) is 0 Å². The molecule has 10 rings (SSSR count). The Morgan fingerprint density at radius 3 is 0.915 bits per heavy atom. The van der Waals surface area contributed by atoms with E-state index in [2.05, 4.69) is 218 Å². The summed E-state index contributed by atoms with van der Waals surface area (Å²) >= 11 is 0. The third kappa shape index (κ3) is 6.62. The minimum absolute atomic E-state index is 0.667. The van der Waals surface area contributed by atoms with Crippen molar-refractivity contribution in [2.45, 2.75) is 36.5 Å². The van der Waals surface area contributed by atoms with Crippen LogP contribution >= 0.6 is 0 Å². The molecule has 59 heavy (non-hydrogen) atoms. The van der Waals surface area contributed by atoms with Crippen LogP contribution in [-0.4, -0.2) is 0 Å². The van der Waals surface area contributed by atoms with Crippen molar-refractivity contribution in [1.29, 1.82) is 0 Å². The summed E-state index contributed by atoms with van der Waals surface area (Å²) in [5, 5.41) is 0. The lowest BCUT2D eigenvalue weighted by molar-refractivity contribution is 0.482. The van der Waals surface area contributed by atoms with E-state index in [1.165, 1.54) is 44.5 Å². The highest BCUT2D eigenvalue weighted by Crippen LogP contribution is 2.47. The average molecular weight is 755 g/mol. The van der Waals surface area contributed by atoms with Crippen LogP contribution in [0.15, 0.2) is 206 Å². The van der Waals surface area contributed by atoms with Crippen LogP contribution in [0.25, 0.3) is 0 Å². The molecule has 0 N–H and O–H groups in total. The number of aryl methyl sites for hydroxylation is 4. The number of ether oxygens (including phenoxy) is 1. The van der Waals surface area contributed by atoms with E-state index in [1.54, 1.807) is 0 Å². The maximum atomic E-state index is 6.64. The maximum Gasteiger partial charge on any atom is 0.127 e. The molecular weight excluding hydrogens is 713 g/mol. The number of hydrogen-bond acceptors (Lipinski definition) is 1. The van der Waals surface area contributed by atoms with E-state index in [0.717, 1.165) is 59.4 Å². The first-order chi connectivity index (χ1) is 29.2. The summed E-state index contributed by atoms with van der Waals surface area (Å²) in [6.07, 6.45) is 3.87. The molecule has 2 aliphatic rings. The molecule has 0 atom stereocenters. The van der Waals surface area contributed by atoms with Crippen molar-refractivity contribution in [3.8, 4) is 35.2 Å². The van der Waals surface area contributed by atoms with E-state index in [9.17, 15) is 0 Å². The Kier molecular flexibility index (Phi) is 9.50. The monoisotopic (exact) mass is 754 g/mol. The fourth-order valence-electron chi connectivity index (χ4n) is 9.34. The molecular formula is C58H42O. The van der Waals surface area contributed by atoms with Gasteiger partial charge in [0.15, 0.2) is 0 Å². The lowest BCUT2D eigenvalue weighted by Gasteiger charge is -2.33. The Morgan fingerprint density at radius 2 is 0.593 bits per heavy atom. The number of hydrogen-bond donors (Lipinski definition) is 0. The number of rotatable bonds is 4. The molecule has 280 valence electrons. The summed E-state index contributed by atoms with van der Waals surface area (Å²) in [6, 6.07) is 73.2. The highest BCUT2D eigenvalue weighted by atomic mass is 16.5. The summed E-state index contributed by atoms with van der Waals surface area (Å²) < 4.78 is 6.64. The van der Waals surface area contributed by atoms with Crippen molar-refractivity contribution in [1.82, 2.24) is 0 Å². The quantitative estimate of drug-likeness (QED) is 0.163. The topological polar surface area (TPSA) is 9.23 Å². The molecule has 2 aliphatic carbocycles. The van der Waals surface area contributed by atoms with Crippen molar-refractivity contribution < 1.29 is 4.74 Å². The summed E-state index contributed by atoms with van der Waals surface area (Å²) in [4.78, 5) is 0. The highest BCUT2D eigenvalue weighted by molar-refractivity contribution is 5.67. The molecule has 0 aliphatic heterocycles. The zero-order chi connectivity index (χ0) is 39.5. The number of fused-ring (bicyclic) bond motifs is 4. The predicted octanol–water partition coefficient (Wildman–Crippen LogP) is 12.4. The van der Waals surface area contributed by atoms with Gasteiger partial charge in [0.2, 0.25) is 0 Å². The smallest absolute Gasteiger partial charge is 0.127 e. The van der Waals surface area contributed by atoms with Crippen molar-refractivity contribution in [3.63, 3.8) is 0 Å². The minimum atomic E-state index is -0.667. The van der Waals surface area contributed by atoms with Crippen LogP contribution < -0.4 is 4.74 Å². The Morgan fingerprint density at radius 1 is 0.305 bits per heavy atom. The molecule has 1 nitrogen and oxygen atoms in total. The molecule has 0 bridgehead atoms. The molecule has 0 unspecified atom stereocenters. The Balaban J connectivity index is 1.05. The first kappa shape index (κ1) is 36.0. The van der Waals surface area contributed by atoms with E-state index < -0.39 is 10.8 Å². The second kappa shape index (κ2) is 15.6. The van der Waals surface area contributed by atoms with Gasteiger partial charge in [0.25, 0.3) is 0 Å². The van der Waals surface area contributed by atoms with E-state index in [0.29, 0.717) is 0 Å². The maximum absolute atomic E-state index is 6.64. The van der Waals surface area contributed by atoms with Crippen LogP contribution in [0.2, 0.25) is 0 Å². The Hall–Kier alpha value is -7.32. The molecule has 0 aromatic heterocycles. The molecule has 0 fully saturated rings.